The van der Waals surface area contributed by atoms with Crippen molar-refractivity contribution >= 4 is 5.78 Å². The van der Waals surface area contributed by atoms with Gasteiger partial charge in [-0.2, -0.15) is 0 Å². The van der Waals surface area contributed by atoms with Crippen LogP contribution in [0.2, 0.25) is 0 Å². The molecule has 0 spiro atoms. The Labute approximate surface area is 114 Å². The van der Waals surface area contributed by atoms with E-state index in [1.807, 2.05) is 32.0 Å². The number of hydrogen-bond acceptors (Lipinski definition) is 3. The quantitative estimate of drug-likeness (QED) is 0.848. The van der Waals surface area contributed by atoms with Crippen LogP contribution in [0.1, 0.15) is 48.5 Å². The molecule has 0 radical (unpaired) electrons. The van der Waals surface area contributed by atoms with Crippen LogP contribution >= 0.6 is 0 Å². The van der Waals surface area contributed by atoms with Crippen LogP contribution in [0.5, 0.6) is 5.75 Å². The number of Topliss-reactive ketones (excluding diaryl/α,β-unsaturated/α-hetero) is 1. The van der Waals surface area contributed by atoms with Gasteiger partial charge in [0.1, 0.15) is 5.75 Å². The number of aliphatic hydroxyl groups excluding tert-OH is 1. The van der Waals surface area contributed by atoms with E-state index in [0.717, 1.165) is 42.6 Å². The van der Waals surface area contributed by atoms with Gasteiger partial charge in [-0.05, 0) is 63.3 Å². The first-order chi connectivity index (χ1) is 9.11. The van der Waals surface area contributed by atoms with Crippen LogP contribution in [0, 0.1) is 12.8 Å². The second kappa shape index (κ2) is 6.20. The Kier molecular flexibility index (Phi) is 4.59. The monoisotopic (exact) mass is 262 g/mol. The largest absolute Gasteiger partial charge is 0.494 e. The minimum absolute atomic E-state index is 0.0701. The van der Waals surface area contributed by atoms with Gasteiger partial charge in [-0.3, -0.25) is 4.79 Å². The van der Waals surface area contributed by atoms with Crippen LogP contribution in [0.3, 0.4) is 0 Å². The van der Waals surface area contributed by atoms with E-state index in [9.17, 15) is 9.90 Å². The van der Waals surface area contributed by atoms with Gasteiger partial charge in [-0.15, -0.1) is 0 Å². The first-order valence-corrected chi connectivity index (χ1v) is 7.07. The summed E-state index contributed by atoms with van der Waals surface area (Å²) in [4.78, 5) is 12.4. The maximum atomic E-state index is 12.4. The molecule has 1 aromatic rings. The number of ketones is 1. The van der Waals surface area contributed by atoms with Gasteiger partial charge in [-0.1, -0.05) is 0 Å². The van der Waals surface area contributed by atoms with Gasteiger partial charge >= 0.3 is 0 Å². The van der Waals surface area contributed by atoms with Crippen molar-refractivity contribution in [1.29, 1.82) is 0 Å². The van der Waals surface area contributed by atoms with Crippen LogP contribution in [0.25, 0.3) is 0 Å². The van der Waals surface area contributed by atoms with Crippen LogP contribution in [-0.4, -0.2) is 23.6 Å². The maximum absolute atomic E-state index is 12.4. The molecule has 0 bridgehead atoms. The molecule has 0 amide bonds. The van der Waals surface area contributed by atoms with Gasteiger partial charge in [-0.25, -0.2) is 0 Å². The second-order valence-electron chi connectivity index (χ2n) is 5.28. The third-order valence-corrected chi connectivity index (χ3v) is 3.83. The summed E-state index contributed by atoms with van der Waals surface area (Å²) in [6.45, 7) is 4.55. The molecule has 1 aliphatic rings. The van der Waals surface area contributed by atoms with E-state index in [1.54, 1.807) is 0 Å². The Morgan fingerprint density at radius 3 is 2.58 bits per heavy atom. The highest BCUT2D eigenvalue weighted by atomic mass is 16.5. The van der Waals surface area contributed by atoms with Crippen molar-refractivity contribution in [3.05, 3.63) is 29.3 Å². The average molecular weight is 262 g/mol. The molecule has 3 heteroatoms. The van der Waals surface area contributed by atoms with Crippen LogP contribution in [0.4, 0.5) is 0 Å². The minimum Gasteiger partial charge on any atom is -0.494 e. The summed E-state index contributed by atoms with van der Waals surface area (Å²) in [5, 5.41) is 9.49. The lowest BCUT2D eigenvalue weighted by molar-refractivity contribution is 0.0764. The van der Waals surface area contributed by atoms with E-state index in [-0.39, 0.29) is 17.8 Å². The lowest BCUT2D eigenvalue weighted by atomic mass is 9.82. The predicted octanol–water partition coefficient (Wildman–Crippen LogP) is 3.13. The highest BCUT2D eigenvalue weighted by Crippen LogP contribution is 2.28. The molecule has 1 aliphatic carbocycles. The molecule has 0 aliphatic heterocycles. The Morgan fingerprint density at radius 1 is 1.32 bits per heavy atom. The Hall–Kier alpha value is -1.35. The van der Waals surface area contributed by atoms with Crippen LogP contribution in [-0.2, 0) is 0 Å². The number of carbonyl (C=O) groups is 1. The second-order valence-corrected chi connectivity index (χ2v) is 5.28. The fourth-order valence-electron chi connectivity index (χ4n) is 2.69. The molecule has 1 aromatic carbocycles. The normalized spacial score (nSPS) is 23.1. The smallest absolute Gasteiger partial charge is 0.165 e. The number of aliphatic hydroxyl groups is 1. The number of carbonyl (C=O) groups excluding carboxylic acids is 1. The number of ether oxygens (including phenoxy) is 1. The molecular formula is C16H22O3. The van der Waals surface area contributed by atoms with Gasteiger partial charge in [0.2, 0.25) is 0 Å². The molecule has 0 unspecified atom stereocenters. The lowest BCUT2D eigenvalue weighted by Gasteiger charge is -2.24. The van der Waals surface area contributed by atoms with Crippen molar-refractivity contribution in [3.8, 4) is 5.75 Å². The van der Waals surface area contributed by atoms with E-state index in [0.29, 0.717) is 6.61 Å². The predicted molar refractivity (Wildman–Crippen MR) is 74.6 cm³/mol. The molecule has 2 rings (SSSR count). The number of hydrogen-bond donors (Lipinski definition) is 1. The van der Waals surface area contributed by atoms with Crippen molar-refractivity contribution in [1.82, 2.24) is 0 Å². The van der Waals surface area contributed by atoms with Crippen molar-refractivity contribution in [2.45, 2.75) is 45.6 Å². The molecule has 0 atom stereocenters. The molecule has 1 fully saturated rings. The summed E-state index contributed by atoms with van der Waals surface area (Å²) >= 11 is 0. The fraction of sp³-hybridized carbons (Fsp3) is 0.562. The molecule has 0 aromatic heterocycles. The third kappa shape index (κ3) is 3.35. The average Bonchev–Trinajstić information content (AvgIpc) is 2.41. The summed E-state index contributed by atoms with van der Waals surface area (Å²) in [7, 11) is 0. The first-order valence-electron chi connectivity index (χ1n) is 7.07. The molecule has 104 valence electrons. The van der Waals surface area contributed by atoms with E-state index in [1.165, 1.54) is 0 Å². The molecular weight excluding hydrogens is 240 g/mol. The fourth-order valence-corrected chi connectivity index (χ4v) is 2.69. The van der Waals surface area contributed by atoms with Crippen molar-refractivity contribution < 1.29 is 14.6 Å². The molecule has 3 nitrogen and oxygen atoms in total. The van der Waals surface area contributed by atoms with E-state index < -0.39 is 0 Å². The molecule has 0 heterocycles. The minimum atomic E-state index is -0.217. The zero-order chi connectivity index (χ0) is 13.8. The van der Waals surface area contributed by atoms with E-state index >= 15 is 0 Å². The van der Waals surface area contributed by atoms with Crippen LogP contribution < -0.4 is 4.74 Å². The Balaban J connectivity index is 2.09. The SMILES string of the molecule is CCOc1ccc(C(=O)C2CCC(O)CC2)cc1C. The van der Waals surface area contributed by atoms with E-state index in [4.69, 9.17) is 4.74 Å². The zero-order valence-corrected chi connectivity index (χ0v) is 11.7. The molecule has 0 saturated heterocycles. The summed E-state index contributed by atoms with van der Waals surface area (Å²) in [5.74, 6) is 1.12. The van der Waals surface area contributed by atoms with Gasteiger partial charge in [0.25, 0.3) is 0 Å². The number of rotatable bonds is 4. The summed E-state index contributed by atoms with van der Waals surface area (Å²) < 4.78 is 5.49. The summed E-state index contributed by atoms with van der Waals surface area (Å²) in [5.41, 5.74) is 1.77. The molecule has 1 N–H and O–H groups in total. The van der Waals surface area contributed by atoms with Gasteiger partial charge in [0.15, 0.2) is 5.78 Å². The molecule has 1 saturated carbocycles. The lowest BCUT2D eigenvalue weighted by Crippen LogP contribution is -2.24. The van der Waals surface area contributed by atoms with Crippen molar-refractivity contribution in [2.24, 2.45) is 5.92 Å². The standard InChI is InChI=1S/C16H22O3/c1-3-19-15-9-6-13(10-11(15)2)16(18)12-4-7-14(17)8-5-12/h6,9-10,12,14,17H,3-5,7-8H2,1-2H3. The zero-order valence-electron chi connectivity index (χ0n) is 11.7. The van der Waals surface area contributed by atoms with Crippen molar-refractivity contribution in [3.63, 3.8) is 0 Å². The van der Waals surface area contributed by atoms with Gasteiger partial charge in [0.05, 0.1) is 12.7 Å². The highest BCUT2D eigenvalue weighted by Gasteiger charge is 2.26. The topological polar surface area (TPSA) is 46.5 Å². The van der Waals surface area contributed by atoms with Crippen molar-refractivity contribution in [2.75, 3.05) is 6.61 Å². The summed E-state index contributed by atoms with van der Waals surface area (Å²) in [6, 6.07) is 5.65. The van der Waals surface area contributed by atoms with Gasteiger partial charge < -0.3 is 9.84 Å². The van der Waals surface area contributed by atoms with E-state index in [2.05, 4.69) is 0 Å². The third-order valence-electron chi connectivity index (χ3n) is 3.83. The van der Waals surface area contributed by atoms with Crippen LogP contribution in [0.15, 0.2) is 18.2 Å². The Morgan fingerprint density at radius 2 is 2.00 bits per heavy atom. The summed E-state index contributed by atoms with van der Waals surface area (Å²) in [6.07, 6.45) is 2.86. The Bertz CT molecular complexity index is 445. The maximum Gasteiger partial charge on any atom is 0.165 e. The van der Waals surface area contributed by atoms with Gasteiger partial charge in [0, 0.05) is 11.5 Å². The molecule has 19 heavy (non-hydrogen) atoms. The number of aryl methyl sites for hydroxylation is 1. The first kappa shape index (κ1) is 14.1. The number of benzene rings is 1. The highest BCUT2D eigenvalue weighted by molar-refractivity contribution is 5.98.